The highest BCUT2D eigenvalue weighted by Gasteiger charge is 2.30. The second-order valence-corrected chi connectivity index (χ2v) is 7.67. The van der Waals surface area contributed by atoms with Gasteiger partial charge in [-0.25, -0.2) is 4.98 Å². The van der Waals surface area contributed by atoms with Crippen LogP contribution < -0.4 is 4.74 Å². The maximum absolute atomic E-state index is 13.0. The summed E-state index contributed by atoms with van der Waals surface area (Å²) in [6.45, 7) is 3.43. The van der Waals surface area contributed by atoms with E-state index in [0.717, 1.165) is 41.4 Å². The Balaban J connectivity index is 1.44. The molecule has 5 nitrogen and oxygen atoms in total. The summed E-state index contributed by atoms with van der Waals surface area (Å²) < 4.78 is 5.52. The van der Waals surface area contributed by atoms with Gasteiger partial charge < -0.3 is 9.64 Å². The number of aromatic nitrogens is 2. The number of ether oxygens (including phenoxy) is 1. The number of amides is 1. The molecule has 144 valence electrons. The van der Waals surface area contributed by atoms with Crippen molar-refractivity contribution < 1.29 is 9.53 Å². The van der Waals surface area contributed by atoms with Crippen LogP contribution in [0.5, 0.6) is 5.75 Å². The highest BCUT2D eigenvalue weighted by atomic mass is 32.1. The maximum Gasteiger partial charge on any atom is 0.229 e. The molecule has 1 aromatic carbocycles. The van der Waals surface area contributed by atoms with Crippen molar-refractivity contribution in [3.63, 3.8) is 0 Å². The number of hydrogen-bond acceptors (Lipinski definition) is 5. The zero-order valence-electron chi connectivity index (χ0n) is 15.9. The van der Waals surface area contributed by atoms with Crippen LogP contribution in [0.15, 0.2) is 54.2 Å². The first-order valence-electron chi connectivity index (χ1n) is 9.61. The zero-order chi connectivity index (χ0) is 19.3. The van der Waals surface area contributed by atoms with Crippen molar-refractivity contribution in [1.29, 1.82) is 0 Å². The molecule has 0 aliphatic carbocycles. The molecule has 1 amide bonds. The summed E-state index contributed by atoms with van der Waals surface area (Å²) in [5, 5.41) is 2.88. The number of rotatable bonds is 6. The van der Waals surface area contributed by atoms with Crippen LogP contribution in [0.25, 0.3) is 10.6 Å². The third kappa shape index (κ3) is 4.07. The van der Waals surface area contributed by atoms with E-state index in [1.54, 1.807) is 23.7 Å². The Bertz CT molecular complexity index is 924. The molecule has 3 aromatic rings. The third-order valence-corrected chi connectivity index (χ3v) is 5.88. The molecule has 0 saturated carbocycles. The average molecular weight is 394 g/mol. The van der Waals surface area contributed by atoms with E-state index >= 15 is 0 Å². The highest BCUT2D eigenvalue weighted by molar-refractivity contribution is 7.13. The van der Waals surface area contributed by atoms with Crippen molar-refractivity contribution in [2.75, 3.05) is 13.2 Å². The molecule has 1 atom stereocenters. The van der Waals surface area contributed by atoms with Crippen LogP contribution in [0, 0.1) is 0 Å². The lowest BCUT2D eigenvalue weighted by atomic mass is 10.0. The quantitative estimate of drug-likeness (QED) is 0.618. The average Bonchev–Trinajstić information content (AvgIpc) is 3.39. The maximum atomic E-state index is 13.0. The van der Waals surface area contributed by atoms with Crippen molar-refractivity contribution >= 4 is 17.2 Å². The first-order chi connectivity index (χ1) is 13.7. The van der Waals surface area contributed by atoms with Crippen molar-refractivity contribution in [1.82, 2.24) is 14.9 Å². The molecule has 0 radical (unpaired) electrons. The SMILES string of the molecule is CCOc1ccc(C2CCCN2C(=O)Cc2csc(-c3cccnc3)n2)cc1. The topological polar surface area (TPSA) is 55.3 Å². The molecule has 1 aliphatic rings. The lowest BCUT2D eigenvalue weighted by molar-refractivity contribution is -0.131. The van der Waals surface area contributed by atoms with Gasteiger partial charge in [-0.1, -0.05) is 12.1 Å². The van der Waals surface area contributed by atoms with E-state index in [1.807, 2.05) is 41.5 Å². The van der Waals surface area contributed by atoms with Crippen molar-refractivity contribution in [3.8, 4) is 16.3 Å². The molecule has 28 heavy (non-hydrogen) atoms. The van der Waals surface area contributed by atoms with Crippen LogP contribution in [-0.4, -0.2) is 33.9 Å². The molecule has 0 spiro atoms. The molecule has 2 aromatic heterocycles. The molecular weight excluding hydrogens is 370 g/mol. The van der Waals surface area contributed by atoms with Gasteiger partial charge in [-0.3, -0.25) is 9.78 Å². The van der Waals surface area contributed by atoms with Crippen LogP contribution in [0.4, 0.5) is 0 Å². The molecular formula is C22H23N3O2S. The fraction of sp³-hybridized carbons (Fsp3) is 0.318. The number of carbonyl (C=O) groups is 1. The predicted molar refractivity (Wildman–Crippen MR) is 110 cm³/mol. The molecule has 0 bridgehead atoms. The van der Waals surface area contributed by atoms with Gasteiger partial charge in [-0.15, -0.1) is 11.3 Å². The van der Waals surface area contributed by atoms with Crippen molar-refractivity contribution in [2.24, 2.45) is 0 Å². The number of benzene rings is 1. The fourth-order valence-corrected chi connectivity index (χ4v) is 4.44. The summed E-state index contributed by atoms with van der Waals surface area (Å²) in [7, 11) is 0. The van der Waals surface area contributed by atoms with E-state index in [4.69, 9.17) is 4.74 Å². The van der Waals surface area contributed by atoms with Gasteiger partial charge in [0.25, 0.3) is 0 Å². The minimum Gasteiger partial charge on any atom is -0.494 e. The van der Waals surface area contributed by atoms with Crippen LogP contribution in [0.1, 0.15) is 37.1 Å². The van der Waals surface area contributed by atoms with E-state index in [2.05, 4.69) is 22.1 Å². The van der Waals surface area contributed by atoms with Gasteiger partial charge in [0.15, 0.2) is 0 Å². The standard InChI is InChI=1S/C22H23N3O2S/c1-2-27-19-9-7-16(8-10-19)20-6-4-12-25(20)21(26)13-18-15-28-22(24-18)17-5-3-11-23-14-17/h3,5,7-11,14-15,20H,2,4,6,12-13H2,1H3. The Kier molecular flexibility index (Phi) is 5.67. The van der Waals surface area contributed by atoms with Gasteiger partial charge >= 0.3 is 0 Å². The Morgan fingerprint density at radius 3 is 2.89 bits per heavy atom. The number of nitrogens with zero attached hydrogens (tertiary/aromatic N) is 3. The third-order valence-electron chi connectivity index (χ3n) is 4.94. The first kappa shape index (κ1) is 18.6. The van der Waals surface area contributed by atoms with Gasteiger partial charge in [0.05, 0.1) is 24.8 Å². The van der Waals surface area contributed by atoms with Gasteiger partial charge in [-0.2, -0.15) is 0 Å². The largest absolute Gasteiger partial charge is 0.494 e. The van der Waals surface area contributed by atoms with E-state index in [0.29, 0.717) is 13.0 Å². The number of pyridine rings is 1. The van der Waals surface area contributed by atoms with Gasteiger partial charge in [0.1, 0.15) is 10.8 Å². The lowest BCUT2D eigenvalue weighted by Gasteiger charge is -2.25. The molecule has 1 unspecified atom stereocenters. The Morgan fingerprint density at radius 1 is 1.29 bits per heavy atom. The minimum absolute atomic E-state index is 0.138. The van der Waals surface area contributed by atoms with E-state index in [9.17, 15) is 4.79 Å². The van der Waals surface area contributed by atoms with E-state index < -0.39 is 0 Å². The van der Waals surface area contributed by atoms with Crippen molar-refractivity contribution in [3.05, 3.63) is 65.4 Å². The number of carbonyl (C=O) groups excluding carboxylic acids is 1. The molecule has 1 fully saturated rings. The summed E-state index contributed by atoms with van der Waals surface area (Å²) in [5.41, 5.74) is 2.98. The highest BCUT2D eigenvalue weighted by Crippen LogP contribution is 2.33. The smallest absolute Gasteiger partial charge is 0.229 e. The Morgan fingerprint density at radius 2 is 2.14 bits per heavy atom. The van der Waals surface area contributed by atoms with Crippen LogP contribution in [0.2, 0.25) is 0 Å². The molecule has 6 heteroatoms. The Labute approximate surface area is 169 Å². The minimum atomic E-state index is 0.138. The first-order valence-corrected chi connectivity index (χ1v) is 10.5. The van der Waals surface area contributed by atoms with Gasteiger partial charge in [-0.05, 0) is 49.6 Å². The summed E-state index contributed by atoms with van der Waals surface area (Å²) in [6.07, 6.45) is 5.91. The van der Waals surface area contributed by atoms with Gasteiger partial charge in [0.2, 0.25) is 5.91 Å². The second-order valence-electron chi connectivity index (χ2n) is 6.81. The normalized spacial score (nSPS) is 16.3. The van der Waals surface area contributed by atoms with Crippen LogP contribution >= 0.6 is 11.3 Å². The van der Waals surface area contributed by atoms with E-state index in [1.165, 1.54) is 5.56 Å². The zero-order valence-corrected chi connectivity index (χ0v) is 16.7. The molecule has 1 saturated heterocycles. The number of likely N-dealkylation sites (tertiary alicyclic amines) is 1. The van der Waals surface area contributed by atoms with Crippen LogP contribution in [-0.2, 0) is 11.2 Å². The van der Waals surface area contributed by atoms with E-state index in [-0.39, 0.29) is 11.9 Å². The summed E-state index contributed by atoms with van der Waals surface area (Å²) >= 11 is 1.55. The monoisotopic (exact) mass is 393 g/mol. The second kappa shape index (κ2) is 8.52. The Hall–Kier alpha value is -2.73. The molecule has 1 aliphatic heterocycles. The number of hydrogen-bond donors (Lipinski definition) is 0. The summed E-state index contributed by atoms with van der Waals surface area (Å²) in [4.78, 5) is 23.7. The molecule has 0 N–H and O–H groups in total. The molecule has 4 rings (SSSR count). The van der Waals surface area contributed by atoms with Gasteiger partial charge in [0, 0.05) is 29.9 Å². The van der Waals surface area contributed by atoms with Crippen molar-refractivity contribution in [2.45, 2.75) is 32.2 Å². The summed E-state index contributed by atoms with van der Waals surface area (Å²) in [6, 6.07) is 12.1. The van der Waals surface area contributed by atoms with Crippen LogP contribution in [0.3, 0.4) is 0 Å². The lowest BCUT2D eigenvalue weighted by Crippen LogP contribution is -2.31. The molecule has 3 heterocycles. The predicted octanol–water partition coefficient (Wildman–Crippen LogP) is 4.51. The summed E-state index contributed by atoms with van der Waals surface area (Å²) in [5.74, 6) is 1.01. The fourth-order valence-electron chi connectivity index (χ4n) is 3.63. The number of thiazole rings is 1.